The standard InChI is InChI=1S/C13H24N2OS/c1-11-6-7-13(17-11)12(10-14)15(2)8-4-3-5-9-16/h6-7,12,16H,3-5,8-10,14H2,1-2H3. The molecule has 17 heavy (non-hydrogen) atoms. The first-order valence-corrected chi connectivity index (χ1v) is 7.08. The molecule has 0 aromatic carbocycles. The molecule has 0 saturated carbocycles. The Kier molecular flexibility index (Phi) is 6.73. The predicted octanol–water partition coefficient (Wildman–Crippen LogP) is 2.15. The Labute approximate surface area is 108 Å². The van der Waals surface area contributed by atoms with Gasteiger partial charge < -0.3 is 10.8 Å². The third kappa shape index (κ3) is 4.76. The Morgan fingerprint density at radius 1 is 1.35 bits per heavy atom. The summed E-state index contributed by atoms with van der Waals surface area (Å²) in [5, 5.41) is 8.74. The molecule has 0 amide bonds. The molecule has 0 radical (unpaired) electrons. The molecular formula is C13H24N2OS. The number of thiophene rings is 1. The summed E-state index contributed by atoms with van der Waals surface area (Å²) in [4.78, 5) is 5.02. The number of aliphatic hydroxyl groups is 1. The number of nitrogens with two attached hydrogens (primary N) is 1. The monoisotopic (exact) mass is 256 g/mol. The number of hydrogen-bond donors (Lipinski definition) is 2. The maximum atomic E-state index is 8.74. The summed E-state index contributed by atoms with van der Waals surface area (Å²) < 4.78 is 0. The molecule has 0 saturated heterocycles. The second-order valence-corrected chi connectivity index (χ2v) is 5.78. The smallest absolute Gasteiger partial charge is 0.0561 e. The maximum absolute atomic E-state index is 8.74. The number of aliphatic hydroxyl groups excluding tert-OH is 1. The quantitative estimate of drug-likeness (QED) is 0.701. The summed E-state index contributed by atoms with van der Waals surface area (Å²) in [7, 11) is 2.13. The van der Waals surface area contributed by atoms with Crippen LogP contribution in [-0.2, 0) is 0 Å². The van der Waals surface area contributed by atoms with Gasteiger partial charge in [-0.2, -0.15) is 0 Å². The Balaban J connectivity index is 2.44. The fraction of sp³-hybridized carbons (Fsp3) is 0.692. The molecule has 0 spiro atoms. The zero-order valence-corrected chi connectivity index (χ0v) is 11.7. The van der Waals surface area contributed by atoms with Crippen molar-refractivity contribution in [1.82, 2.24) is 4.90 Å². The van der Waals surface area contributed by atoms with E-state index in [4.69, 9.17) is 10.8 Å². The van der Waals surface area contributed by atoms with E-state index in [2.05, 4.69) is 31.0 Å². The first-order valence-electron chi connectivity index (χ1n) is 6.26. The molecule has 0 aliphatic carbocycles. The highest BCUT2D eigenvalue weighted by molar-refractivity contribution is 7.12. The number of hydrogen-bond acceptors (Lipinski definition) is 4. The molecular weight excluding hydrogens is 232 g/mol. The highest BCUT2D eigenvalue weighted by Crippen LogP contribution is 2.26. The van der Waals surface area contributed by atoms with Crippen LogP contribution in [0.1, 0.15) is 35.1 Å². The van der Waals surface area contributed by atoms with Gasteiger partial charge >= 0.3 is 0 Å². The summed E-state index contributed by atoms with van der Waals surface area (Å²) in [5.74, 6) is 0. The molecule has 0 aliphatic heterocycles. The van der Waals surface area contributed by atoms with Gasteiger partial charge in [-0.1, -0.05) is 0 Å². The van der Waals surface area contributed by atoms with Crippen LogP contribution in [0.3, 0.4) is 0 Å². The van der Waals surface area contributed by atoms with Crippen LogP contribution in [0.15, 0.2) is 12.1 Å². The van der Waals surface area contributed by atoms with Crippen LogP contribution < -0.4 is 5.73 Å². The van der Waals surface area contributed by atoms with Gasteiger partial charge in [0.2, 0.25) is 0 Å². The average molecular weight is 256 g/mol. The Morgan fingerprint density at radius 3 is 2.65 bits per heavy atom. The van der Waals surface area contributed by atoms with Gasteiger partial charge in [-0.3, -0.25) is 4.90 Å². The molecule has 4 heteroatoms. The number of unbranched alkanes of at least 4 members (excludes halogenated alkanes) is 2. The molecule has 1 atom stereocenters. The predicted molar refractivity (Wildman–Crippen MR) is 74.4 cm³/mol. The first kappa shape index (κ1) is 14.6. The van der Waals surface area contributed by atoms with Crippen molar-refractivity contribution in [3.05, 3.63) is 21.9 Å². The largest absolute Gasteiger partial charge is 0.396 e. The molecule has 1 aromatic heterocycles. The Hall–Kier alpha value is -0.420. The van der Waals surface area contributed by atoms with E-state index in [0.717, 1.165) is 25.8 Å². The van der Waals surface area contributed by atoms with Crippen LogP contribution in [0.4, 0.5) is 0 Å². The van der Waals surface area contributed by atoms with Crippen LogP contribution in [0.2, 0.25) is 0 Å². The lowest BCUT2D eigenvalue weighted by molar-refractivity contribution is 0.238. The third-order valence-electron chi connectivity index (χ3n) is 3.01. The van der Waals surface area contributed by atoms with Crippen molar-refractivity contribution in [2.24, 2.45) is 5.73 Å². The lowest BCUT2D eigenvalue weighted by Crippen LogP contribution is -2.30. The zero-order valence-electron chi connectivity index (χ0n) is 10.9. The van der Waals surface area contributed by atoms with Gasteiger partial charge in [0, 0.05) is 22.9 Å². The van der Waals surface area contributed by atoms with Crippen LogP contribution in [0.25, 0.3) is 0 Å². The van der Waals surface area contributed by atoms with E-state index in [9.17, 15) is 0 Å². The molecule has 1 heterocycles. The van der Waals surface area contributed by atoms with Gasteiger partial charge in [-0.05, 0) is 51.9 Å². The van der Waals surface area contributed by atoms with E-state index < -0.39 is 0 Å². The van der Waals surface area contributed by atoms with Crippen LogP contribution in [-0.4, -0.2) is 36.8 Å². The van der Waals surface area contributed by atoms with Crippen LogP contribution in [0.5, 0.6) is 0 Å². The number of aryl methyl sites for hydroxylation is 1. The number of rotatable bonds is 8. The van der Waals surface area contributed by atoms with Crippen molar-refractivity contribution in [2.75, 3.05) is 26.7 Å². The van der Waals surface area contributed by atoms with Gasteiger partial charge in [-0.25, -0.2) is 0 Å². The summed E-state index contributed by atoms with van der Waals surface area (Å²) in [6.45, 7) is 4.13. The summed E-state index contributed by atoms with van der Waals surface area (Å²) in [6, 6.07) is 4.67. The fourth-order valence-corrected chi connectivity index (χ4v) is 3.01. The molecule has 98 valence electrons. The van der Waals surface area contributed by atoms with E-state index in [1.54, 1.807) is 0 Å². The minimum atomic E-state index is 0.300. The second-order valence-electron chi connectivity index (χ2n) is 4.46. The Morgan fingerprint density at radius 2 is 2.12 bits per heavy atom. The van der Waals surface area contributed by atoms with Crippen molar-refractivity contribution >= 4 is 11.3 Å². The first-order chi connectivity index (χ1) is 8.19. The Bertz CT molecular complexity index is 314. The van der Waals surface area contributed by atoms with Crippen molar-refractivity contribution in [1.29, 1.82) is 0 Å². The van der Waals surface area contributed by atoms with Gasteiger partial charge in [0.15, 0.2) is 0 Å². The van der Waals surface area contributed by atoms with Crippen molar-refractivity contribution < 1.29 is 5.11 Å². The van der Waals surface area contributed by atoms with E-state index in [0.29, 0.717) is 19.2 Å². The van der Waals surface area contributed by atoms with E-state index >= 15 is 0 Å². The molecule has 3 nitrogen and oxygen atoms in total. The molecule has 0 aliphatic rings. The van der Waals surface area contributed by atoms with Crippen LogP contribution in [0, 0.1) is 6.92 Å². The third-order valence-corrected chi connectivity index (χ3v) is 4.12. The topological polar surface area (TPSA) is 49.5 Å². The van der Waals surface area contributed by atoms with Gasteiger partial charge in [-0.15, -0.1) is 11.3 Å². The summed E-state index contributed by atoms with van der Waals surface area (Å²) in [6.07, 6.45) is 3.11. The molecule has 3 N–H and O–H groups in total. The number of nitrogens with zero attached hydrogens (tertiary/aromatic N) is 1. The average Bonchev–Trinajstić information content (AvgIpc) is 2.72. The van der Waals surface area contributed by atoms with Gasteiger partial charge in [0.05, 0.1) is 6.04 Å². The minimum absolute atomic E-state index is 0.300. The molecule has 0 fully saturated rings. The van der Waals surface area contributed by atoms with Gasteiger partial charge in [0.1, 0.15) is 0 Å². The SMILES string of the molecule is Cc1ccc(C(CN)N(C)CCCCCO)s1. The van der Waals surface area contributed by atoms with Gasteiger partial charge in [0.25, 0.3) is 0 Å². The van der Waals surface area contributed by atoms with E-state index in [1.807, 2.05) is 11.3 Å². The lowest BCUT2D eigenvalue weighted by atomic mass is 10.2. The van der Waals surface area contributed by atoms with E-state index in [1.165, 1.54) is 9.75 Å². The molecule has 0 bridgehead atoms. The van der Waals surface area contributed by atoms with Crippen molar-refractivity contribution in [3.8, 4) is 0 Å². The molecule has 1 aromatic rings. The minimum Gasteiger partial charge on any atom is -0.396 e. The van der Waals surface area contributed by atoms with Crippen LogP contribution >= 0.6 is 11.3 Å². The molecule has 1 unspecified atom stereocenters. The highest BCUT2D eigenvalue weighted by Gasteiger charge is 2.16. The summed E-state index contributed by atoms with van der Waals surface area (Å²) in [5.41, 5.74) is 5.87. The zero-order chi connectivity index (χ0) is 12.7. The molecule has 1 rings (SSSR count). The highest BCUT2D eigenvalue weighted by atomic mass is 32.1. The second kappa shape index (κ2) is 7.82. The lowest BCUT2D eigenvalue weighted by Gasteiger charge is -2.26. The van der Waals surface area contributed by atoms with Crippen molar-refractivity contribution in [3.63, 3.8) is 0 Å². The fourth-order valence-electron chi connectivity index (χ4n) is 1.95. The van der Waals surface area contributed by atoms with E-state index in [-0.39, 0.29) is 0 Å². The number of likely N-dealkylation sites (N-methyl/N-ethyl adjacent to an activating group) is 1. The maximum Gasteiger partial charge on any atom is 0.0561 e. The normalized spacial score (nSPS) is 13.2. The van der Waals surface area contributed by atoms with Crippen molar-refractivity contribution in [2.45, 2.75) is 32.2 Å². The summed E-state index contributed by atoms with van der Waals surface area (Å²) >= 11 is 1.83.